The zero-order chi connectivity index (χ0) is 22.8. The Labute approximate surface area is 190 Å². The number of carbonyl (C=O) groups is 1. The number of benzene rings is 1. The van der Waals surface area contributed by atoms with E-state index >= 15 is 0 Å². The molecule has 1 unspecified atom stereocenters. The first-order valence-electron chi connectivity index (χ1n) is 10.3. The highest BCUT2D eigenvalue weighted by Crippen LogP contribution is 2.41. The molecule has 0 spiro atoms. The zero-order valence-electron chi connectivity index (χ0n) is 18.3. The van der Waals surface area contributed by atoms with Crippen LogP contribution in [0.15, 0.2) is 29.3 Å². The Kier molecular flexibility index (Phi) is 6.01. The van der Waals surface area contributed by atoms with Crippen molar-refractivity contribution >= 4 is 39.5 Å². The number of hydrogen-bond donors (Lipinski definition) is 3. The molecule has 0 aliphatic carbocycles. The second-order valence-electron chi connectivity index (χ2n) is 7.76. The minimum Gasteiger partial charge on any atom is -0.495 e. The fraction of sp³-hybridized carbons (Fsp3) is 0.292. The van der Waals surface area contributed by atoms with Gasteiger partial charge >= 0.3 is 0 Å². The van der Waals surface area contributed by atoms with Crippen molar-refractivity contribution < 1.29 is 9.53 Å². The van der Waals surface area contributed by atoms with Crippen LogP contribution < -0.4 is 10.5 Å². The summed E-state index contributed by atoms with van der Waals surface area (Å²) in [4.78, 5) is 22.4. The lowest BCUT2D eigenvalue weighted by atomic mass is 10.0. The Hall–Kier alpha value is -3.57. The summed E-state index contributed by atoms with van der Waals surface area (Å²) in [6.07, 6.45) is 1.79. The maximum atomic E-state index is 12.2. The second kappa shape index (κ2) is 8.89. The molecule has 1 saturated heterocycles. The third kappa shape index (κ3) is 3.99. The van der Waals surface area contributed by atoms with Crippen LogP contribution in [0.3, 0.4) is 0 Å². The minimum absolute atomic E-state index is 0.140. The van der Waals surface area contributed by atoms with Gasteiger partial charge in [0.15, 0.2) is 0 Å². The Morgan fingerprint density at radius 3 is 2.94 bits per heavy atom. The van der Waals surface area contributed by atoms with E-state index in [0.29, 0.717) is 18.8 Å². The molecular formula is C24H25N5O2S. The first-order chi connectivity index (χ1) is 15.4. The Morgan fingerprint density at radius 1 is 1.41 bits per heavy atom. The maximum Gasteiger partial charge on any atom is 0.298 e. The lowest BCUT2D eigenvalue weighted by molar-refractivity contribution is -0.124. The van der Waals surface area contributed by atoms with E-state index in [4.69, 9.17) is 15.9 Å². The summed E-state index contributed by atoms with van der Waals surface area (Å²) in [5.74, 6) is 6.41. The zero-order valence-corrected chi connectivity index (χ0v) is 19.1. The van der Waals surface area contributed by atoms with Gasteiger partial charge in [-0.1, -0.05) is 12.0 Å². The number of likely N-dealkylation sites (tertiary alicyclic amines) is 1. The molecule has 3 aromatic rings. The van der Waals surface area contributed by atoms with Crippen LogP contribution in [-0.2, 0) is 4.79 Å². The number of methoxy groups -OCH3 is 1. The van der Waals surface area contributed by atoms with Crippen LogP contribution in [-0.4, -0.2) is 48.2 Å². The predicted octanol–water partition coefficient (Wildman–Crippen LogP) is 3.86. The number of aliphatic imine (C=N–C) groups is 1. The van der Waals surface area contributed by atoms with E-state index in [1.807, 2.05) is 13.0 Å². The molecule has 32 heavy (non-hydrogen) atoms. The largest absolute Gasteiger partial charge is 0.495 e. The average Bonchev–Trinajstić information content (AvgIpc) is 3.50. The number of carbonyl (C=O) groups excluding carboxylic acids is 1. The number of nitrogens with two attached hydrogens (primary N) is 1. The minimum atomic E-state index is -0.140. The van der Waals surface area contributed by atoms with Gasteiger partial charge in [-0.25, -0.2) is 4.99 Å². The van der Waals surface area contributed by atoms with Crippen molar-refractivity contribution in [2.24, 2.45) is 10.7 Å². The Balaban J connectivity index is 1.77. The van der Waals surface area contributed by atoms with Gasteiger partial charge in [0, 0.05) is 35.1 Å². The van der Waals surface area contributed by atoms with Gasteiger partial charge in [0.1, 0.15) is 17.9 Å². The molecule has 4 rings (SSSR count). The van der Waals surface area contributed by atoms with Crippen LogP contribution in [0.25, 0.3) is 20.5 Å². The smallest absolute Gasteiger partial charge is 0.298 e. The fourth-order valence-corrected chi connectivity index (χ4v) is 5.31. The first kappa shape index (κ1) is 21.7. The van der Waals surface area contributed by atoms with Gasteiger partial charge in [0.25, 0.3) is 5.91 Å². The number of fused-ring (bicyclic) bond motifs is 1. The van der Waals surface area contributed by atoms with Crippen LogP contribution in [0.4, 0.5) is 0 Å². The SMILES string of the molecule is CC#CC(=O)N1CCC(c2cc(-c3cc4cc(C)cc(OC)c4s3)c(/C(N)=N\C=N)[nH]2)C1. The number of H-pyrrole nitrogens is 1. The van der Waals surface area contributed by atoms with E-state index in [2.05, 4.69) is 40.0 Å². The fourth-order valence-electron chi connectivity index (χ4n) is 4.16. The summed E-state index contributed by atoms with van der Waals surface area (Å²) in [5, 5.41) is 8.44. The standard InChI is InChI=1S/C24H25N5O2S/c1-4-5-21(30)29-7-6-15(12-29)18-11-17(22(28-18)24(26)27-13-25)20-10-16-8-14(2)9-19(31-3)23(16)32-20/h8-11,13,15,28H,6-7,12H2,1-3H3,(H3,25,26,27). The summed E-state index contributed by atoms with van der Waals surface area (Å²) in [5.41, 5.74) is 9.95. The lowest BCUT2D eigenvalue weighted by Gasteiger charge is -2.12. The summed E-state index contributed by atoms with van der Waals surface area (Å²) in [7, 11) is 1.68. The molecule has 1 aromatic carbocycles. The van der Waals surface area contributed by atoms with Gasteiger partial charge in [-0.2, -0.15) is 0 Å². The number of hydrogen-bond acceptors (Lipinski definition) is 4. The third-order valence-electron chi connectivity index (χ3n) is 5.66. The van der Waals surface area contributed by atoms with Crippen LogP contribution >= 0.6 is 11.3 Å². The number of nitrogens with zero attached hydrogens (tertiary/aromatic N) is 2. The number of amides is 1. The second-order valence-corrected chi connectivity index (χ2v) is 8.82. The highest BCUT2D eigenvalue weighted by atomic mass is 32.1. The molecule has 4 N–H and O–H groups in total. The van der Waals surface area contributed by atoms with Crippen molar-refractivity contribution in [3.05, 3.63) is 41.2 Å². The summed E-state index contributed by atoms with van der Waals surface area (Å²) in [6, 6.07) is 8.39. The monoisotopic (exact) mass is 447 g/mol. The molecule has 1 atom stereocenters. The van der Waals surface area contributed by atoms with Crippen LogP contribution in [0.5, 0.6) is 5.75 Å². The van der Waals surface area contributed by atoms with Gasteiger partial charge in [-0.05, 0) is 55.3 Å². The van der Waals surface area contributed by atoms with Crippen LogP contribution in [0.2, 0.25) is 0 Å². The quantitative estimate of drug-likeness (QED) is 0.314. The number of thiophene rings is 1. The van der Waals surface area contributed by atoms with Crippen LogP contribution in [0, 0.1) is 24.2 Å². The molecule has 0 radical (unpaired) electrons. The van der Waals surface area contributed by atoms with E-state index < -0.39 is 0 Å². The first-order valence-corrected chi connectivity index (χ1v) is 11.1. The molecule has 0 bridgehead atoms. The van der Waals surface area contributed by atoms with E-state index in [9.17, 15) is 4.79 Å². The highest BCUT2D eigenvalue weighted by Gasteiger charge is 2.29. The molecule has 1 fully saturated rings. The van der Waals surface area contributed by atoms with E-state index in [1.165, 1.54) is 0 Å². The number of ether oxygens (including phenoxy) is 1. The van der Waals surface area contributed by atoms with Crippen molar-refractivity contribution in [1.29, 1.82) is 5.41 Å². The molecular weight excluding hydrogens is 422 g/mol. The van der Waals surface area contributed by atoms with E-state index in [1.54, 1.807) is 30.3 Å². The van der Waals surface area contributed by atoms with Gasteiger partial charge in [-0.15, -0.1) is 11.3 Å². The van der Waals surface area contributed by atoms with Crippen molar-refractivity contribution in [3.63, 3.8) is 0 Å². The van der Waals surface area contributed by atoms with Crippen LogP contribution in [0.1, 0.15) is 36.2 Å². The molecule has 3 heterocycles. The summed E-state index contributed by atoms with van der Waals surface area (Å²) in [6.45, 7) is 4.99. The van der Waals surface area contributed by atoms with E-state index in [0.717, 1.165) is 50.3 Å². The molecule has 164 valence electrons. The topological polar surface area (TPSA) is 108 Å². The van der Waals surface area contributed by atoms with Crippen molar-refractivity contribution in [1.82, 2.24) is 9.88 Å². The van der Waals surface area contributed by atoms with Gasteiger partial charge in [0.05, 0.1) is 17.5 Å². The summed E-state index contributed by atoms with van der Waals surface area (Å²) < 4.78 is 6.66. The molecule has 7 nitrogen and oxygen atoms in total. The van der Waals surface area contributed by atoms with Crippen molar-refractivity contribution in [2.45, 2.75) is 26.2 Å². The molecule has 1 aliphatic rings. The predicted molar refractivity (Wildman–Crippen MR) is 130 cm³/mol. The van der Waals surface area contributed by atoms with Gasteiger partial charge in [0.2, 0.25) is 0 Å². The van der Waals surface area contributed by atoms with Crippen molar-refractivity contribution in [2.75, 3.05) is 20.2 Å². The molecule has 1 amide bonds. The molecule has 2 aromatic heterocycles. The lowest BCUT2D eigenvalue weighted by Crippen LogP contribution is -2.26. The number of aromatic amines is 1. The van der Waals surface area contributed by atoms with E-state index in [-0.39, 0.29) is 17.7 Å². The highest BCUT2D eigenvalue weighted by molar-refractivity contribution is 7.22. The number of aromatic nitrogens is 1. The number of amidine groups is 1. The number of aryl methyl sites for hydroxylation is 1. The Morgan fingerprint density at radius 2 is 2.22 bits per heavy atom. The van der Waals surface area contributed by atoms with Gasteiger partial charge in [-0.3, -0.25) is 10.2 Å². The number of nitrogens with one attached hydrogen (secondary N) is 2. The maximum absolute atomic E-state index is 12.2. The average molecular weight is 448 g/mol. The number of rotatable bonds is 5. The molecule has 0 saturated carbocycles. The Bertz CT molecular complexity index is 1290. The normalized spacial score (nSPS) is 16.2. The third-order valence-corrected chi connectivity index (χ3v) is 6.86. The van der Waals surface area contributed by atoms with Gasteiger partial charge < -0.3 is 20.4 Å². The summed E-state index contributed by atoms with van der Waals surface area (Å²) >= 11 is 1.63. The van der Waals surface area contributed by atoms with Crippen molar-refractivity contribution in [3.8, 4) is 28.0 Å². The molecule has 1 aliphatic heterocycles. The molecule has 8 heteroatoms.